The molecule has 4 saturated carbocycles. The molecule has 0 unspecified atom stereocenters. The molecule has 1 nitrogen and oxygen atoms in total. The number of hydrogen-bond donors (Lipinski definition) is 0. The fourth-order valence-electron chi connectivity index (χ4n) is 8.17. The van der Waals surface area contributed by atoms with Gasteiger partial charge in [0.2, 0.25) is 0 Å². The Labute approximate surface area is 206 Å². The van der Waals surface area contributed by atoms with Crippen molar-refractivity contribution in [1.82, 2.24) is 0 Å². The van der Waals surface area contributed by atoms with Crippen molar-refractivity contribution in [2.75, 3.05) is 7.11 Å². The van der Waals surface area contributed by atoms with Crippen molar-refractivity contribution < 1.29 is 4.74 Å². The highest BCUT2D eigenvalue weighted by atomic mass is 16.5. The summed E-state index contributed by atoms with van der Waals surface area (Å²) >= 11 is 0. The molecule has 0 spiro atoms. The summed E-state index contributed by atoms with van der Waals surface area (Å²) in [5.41, 5.74) is 0. The van der Waals surface area contributed by atoms with E-state index < -0.39 is 0 Å². The summed E-state index contributed by atoms with van der Waals surface area (Å²) in [5.74, 6) is 6.93. The monoisotopic (exact) mass is 454 g/mol. The molecule has 0 heterocycles. The average Bonchev–Trinajstić information content (AvgIpc) is 2.89. The highest BCUT2D eigenvalue weighted by molar-refractivity contribution is 4.97. The molecule has 0 amide bonds. The fourth-order valence-corrected chi connectivity index (χ4v) is 8.17. The van der Waals surface area contributed by atoms with E-state index in [1.165, 1.54) is 116 Å². The van der Waals surface area contributed by atoms with E-state index in [1.54, 1.807) is 0 Å². The van der Waals surface area contributed by atoms with Crippen LogP contribution < -0.4 is 0 Å². The quantitative estimate of drug-likeness (QED) is 0.332. The Bertz CT molecular complexity index is 574. The summed E-state index contributed by atoms with van der Waals surface area (Å²) in [5, 5.41) is 0. The zero-order valence-corrected chi connectivity index (χ0v) is 22.1. The van der Waals surface area contributed by atoms with Gasteiger partial charge in [-0.05, 0) is 164 Å². The molecule has 188 valence electrons. The van der Waals surface area contributed by atoms with Crippen molar-refractivity contribution in [1.29, 1.82) is 0 Å². The third-order valence-corrected chi connectivity index (χ3v) is 10.5. The third kappa shape index (κ3) is 7.71. The molecular formula is C32H54O. The number of methoxy groups -OCH3 is 1. The van der Waals surface area contributed by atoms with E-state index in [2.05, 4.69) is 31.2 Å². The predicted octanol–water partition coefficient (Wildman–Crippen LogP) is 9.52. The third-order valence-electron chi connectivity index (χ3n) is 10.5. The van der Waals surface area contributed by atoms with E-state index in [-0.39, 0.29) is 0 Å². The van der Waals surface area contributed by atoms with Crippen molar-refractivity contribution in [3.8, 4) is 0 Å². The second-order valence-electron chi connectivity index (χ2n) is 12.4. The molecular weight excluding hydrogens is 400 g/mol. The van der Waals surface area contributed by atoms with Crippen LogP contribution in [-0.4, -0.2) is 13.2 Å². The number of ether oxygens (including phenoxy) is 1. The van der Waals surface area contributed by atoms with E-state index in [0.29, 0.717) is 6.10 Å². The van der Waals surface area contributed by atoms with Gasteiger partial charge in [0, 0.05) is 7.11 Å². The molecule has 0 saturated heterocycles. The predicted molar refractivity (Wildman–Crippen MR) is 142 cm³/mol. The molecule has 0 atom stereocenters. The maximum Gasteiger partial charge on any atom is 0.0571 e. The Balaban J connectivity index is 1.10. The van der Waals surface area contributed by atoms with Crippen LogP contribution in [0.2, 0.25) is 0 Å². The van der Waals surface area contributed by atoms with Gasteiger partial charge >= 0.3 is 0 Å². The van der Waals surface area contributed by atoms with Crippen LogP contribution in [0.15, 0.2) is 24.3 Å². The molecule has 4 rings (SSSR count). The topological polar surface area (TPSA) is 9.23 Å². The number of rotatable bonds is 8. The van der Waals surface area contributed by atoms with Crippen LogP contribution in [0.1, 0.15) is 122 Å². The smallest absolute Gasteiger partial charge is 0.0571 e. The summed E-state index contributed by atoms with van der Waals surface area (Å²) in [6.07, 6.45) is 36.6. The van der Waals surface area contributed by atoms with Gasteiger partial charge in [-0.2, -0.15) is 0 Å². The molecule has 1 heteroatoms. The lowest BCUT2D eigenvalue weighted by Gasteiger charge is -2.41. The van der Waals surface area contributed by atoms with Gasteiger partial charge in [0.05, 0.1) is 6.10 Å². The average molecular weight is 455 g/mol. The van der Waals surface area contributed by atoms with Crippen LogP contribution >= 0.6 is 0 Å². The molecule has 0 aromatic heterocycles. The van der Waals surface area contributed by atoms with Gasteiger partial charge < -0.3 is 4.74 Å². The first kappa shape index (κ1) is 25.5. The first-order valence-corrected chi connectivity index (χ1v) is 15.1. The largest absolute Gasteiger partial charge is 0.381 e. The van der Waals surface area contributed by atoms with Crippen molar-refractivity contribution >= 4 is 0 Å². The van der Waals surface area contributed by atoms with Crippen LogP contribution in [0, 0.1) is 41.4 Å². The van der Waals surface area contributed by atoms with Crippen LogP contribution in [0.25, 0.3) is 0 Å². The molecule has 4 aliphatic rings. The van der Waals surface area contributed by atoms with E-state index >= 15 is 0 Å². The zero-order valence-electron chi connectivity index (χ0n) is 22.1. The lowest BCUT2D eigenvalue weighted by Crippen LogP contribution is -2.30. The molecule has 0 N–H and O–H groups in total. The normalized spacial score (nSPS) is 41.0. The summed E-state index contributed by atoms with van der Waals surface area (Å²) in [7, 11) is 1.90. The van der Waals surface area contributed by atoms with Gasteiger partial charge in [0.25, 0.3) is 0 Å². The van der Waals surface area contributed by atoms with Gasteiger partial charge in [-0.3, -0.25) is 0 Å². The van der Waals surface area contributed by atoms with Gasteiger partial charge in [-0.25, -0.2) is 0 Å². The lowest BCUT2D eigenvalue weighted by atomic mass is 9.65. The standard InChI is InChI=1S/C32H54O/c1-3-4-5-6-25-7-9-26(10-8-25)11-12-27-13-15-28(16-14-27)29-17-19-30(20-18-29)31-21-23-32(33-2)24-22-31/h3-4,11-12,25-32H,5-10,13-24H2,1-2H3/b4-3+,12-11+. The second kappa shape index (κ2) is 13.5. The van der Waals surface area contributed by atoms with Gasteiger partial charge in [0.15, 0.2) is 0 Å². The minimum Gasteiger partial charge on any atom is -0.381 e. The van der Waals surface area contributed by atoms with Gasteiger partial charge in [-0.15, -0.1) is 0 Å². The second-order valence-corrected chi connectivity index (χ2v) is 12.4. The zero-order chi connectivity index (χ0) is 22.9. The minimum absolute atomic E-state index is 0.560. The summed E-state index contributed by atoms with van der Waals surface area (Å²) < 4.78 is 5.60. The molecule has 4 fully saturated rings. The summed E-state index contributed by atoms with van der Waals surface area (Å²) in [4.78, 5) is 0. The van der Waals surface area contributed by atoms with Crippen LogP contribution in [0.5, 0.6) is 0 Å². The van der Waals surface area contributed by atoms with E-state index in [1.807, 2.05) is 7.11 Å². The van der Waals surface area contributed by atoms with Gasteiger partial charge in [0.1, 0.15) is 0 Å². The molecule has 0 aromatic carbocycles. The Hall–Kier alpha value is -0.560. The maximum absolute atomic E-state index is 5.60. The summed E-state index contributed by atoms with van der Waals surface area (Å²) in [6, 6.07) is 0. The summed E-state index contributed by atoms with van der Waals surface area (Å²) in [6.45, 7) is 2.15. The van der Waals surface area contributed by atoms with Crippen LogP contribution in [-0.2, 0) is 4.74 Å². The fraction of sp³-hybridized carbons (Fsp3) is 0.875. The van der Waals surface area contributed by atoms with Crippen molar-refractivity contribution in [3.05, 3.63) is 24.3 Å². The Morgan fingerprint density at radius 2 is 1.00 bits per heavy atom. The Kier molecular flexibility index (Phi) is 10.5. The molecule has 0 aliphatic heterocycles. The molecule has 0 radical (unpaired) electrons. The Morgan fingerprint density at radius 1 is 0.576 bits per heavy atom. The first-order valence-electron chi connectivity index (χ1n) is 15.1. The maximum atomic E-state index is 5.60. The molecule has 4 aliphatic carbocycles. The first-order chi connectivity index (χ1) is 16.2. The van der Waals surface area contributed by atoms with Crippen molar-refractivity contribution in [3.63, 3.8) is 0 Å². The van der Waals surface area contributed by atoms with E-state index in [4.69, 9.17) is 4.74 Å². The molecule has 0 bridgehead atoms. The van der Waals surface area contributed by atoms with E-state index in [0.717, 1.165) is 41.4 Å². The van der Waals surface area contributed by atoms with Crippen molar-refractivity contribution in [2.45, 2.75) is 129 Å². The van der Waals surface area contributed by atoms with Gasteiger partial charge in [-0.1, -0.05) is 24.3 Å². The SMILES string of the molecule is C/C=C/CCC1CCC(/C=C/C2CCC(C3CCC(C4CCC(OC)CC4)CC3)CC2)CC1. The lowest BCUT2D eigenvalue weighted by molar-refractivity contribution is 0.0359. The van der Waals surface area contributed by atoms with Crippen LogP contribution in [0.3, 0.4) is 0 Å². The molecule has 0 aromatic rings. The van der Waals surface area contributed by atoms with Crippen molar-refractivity contribution in [2.24, 2.45) is 41.4 Å². The number of hydrogen-bond acceptors (Lipinski definition) is 1. The minimum atomic E-state index is 0.560. The highest BCUT2D eigenvalue weighted by Gasteiger charge is 2.34. The number of allylic oxidation sites excluding steroid dienone is 4. The Morgan fingerprint density at radius 3 is 1.45 bits per heavy atom. The molecule has 33 heavy (non-hydrogen) atoms. The highest BCUT2D eigenvalue weighted by Crippen LogP contribution is 2.45. The van der Waals surface area contributed by atoms with Crippen LogP contribution in [0.4, 0.5) is 0 Å². The van der Waals surface area contributed by atoms with E-state index in [9.17, 15) is 0 Å².